The quantitative estimate of drug-likeness (QED) is 0.607. The van der Waals surface area contributed by atoms with E-state index in [9.17, 15) is 19.2 Å². The zero-order valence-corrected chi connectivity index (χ0v) is 17.4. The number of carbonyl (C=O) groups excluding carboxylic acids is 4. The minimum atomic E-state index is -1.08. The SMILES string of the molecule is Cc1cc(C)c(NC(=O)[C@H](C)OC(=O)CN2C(=O)Cc3ccccc3C2=O)c(C)c1. The van der Waals surface area contributed by atoms with Gasteiger partial charge in [-0.15, -0.1) is 0 Å². The molecule has 2 aromatic carbocycles. The van der Waals surface area contributed by atoms with Crippen LogP contribution in [0.2, 0.25) is 0 Å². The summed E-state index contributed by atoms with van der Waals surface area (Å²) in [6.07, 6.45) is -1.04. The van der Waals surface area contributed by atoms with E-state index in [-0.39, 0.29) is 6.42 Å². The summed E-state index contributed by atoms with van der Waals surface area (Å²) in [4.78, 5) is 50.5. The summed E-state index contributed by atoms with van der Waals surface area (Å²) in [6, 6.07) is 10.7. The van der Waals surface area contributed by atoms with Crippen molar-refractivity contribution < 1.29 is 23.9 Å². The van der Waals surface area contributed by atoms with Gasteiger partial charge in [0.05, 0.1) is 6.42 Å². The molecule has 1 N–H and O–H groups in total. The number of benzene rings is 2. The number of hydrogen-bond donors (Lipinski definition) is 1. The molecule has 1 atom stereocenters. The molecular formula is C23H24N2O5. The standard InChI is InChI=1S/C23H24N2O5/c1-13-9-14(2)21(15(3)10-13)24-22(28)16(4)30-20(27)12-25-19(26)11-17-7-5-6-8-18(17)23(25)29/h5-10,16H,11-12H2,1-4H3,(H,24,28)/t16-/m0/s1. The summed E-state index contributed by atoms with van der Waals surface area (Å²) in [6.45, 7) is 6.65. The molecule has 3 rings (SSSR count). The lowest BCUT2D eigenvalue weighted by molar-refractivity contribution is -0.155. The third-order valence-electron chi connectivity index (χ3n) is 5.03. The number of hydrogen-bond acceptors (Lipinski definition) is 5. The van der Waals surface area contributed by atoms with Crippen molar-refractivity contribution in [3.63, 3.8) is 0 Å². The highest BCUT2D eigenvalue weighted by Crippen LogP contribution is 2.22. The van der Waals surface area contributed by atoms with Crippen LogP contribution in [0.3, 0.4) is 0 Å². The third kappa shape index (κ3) is 4.40. The molecule has 7 heteroatoms. The molecule has 2 aromatic rings. The molecule has 3 amide bonds. The number of amides is 3. The highest BCUT2D eigenvalue weighted by atomic mass is 16.5. The summed E-state index contributed by atoms with van der Waals surface area (Å²) in [5.41, 5.74) is 4.59. The summed E-state index contributed by atoms with van der Waals surface area (Å²) in [5.74, 6) is -2.32. The topological polar surface area (TPSA) is 92.8 Å². The molecule has 1 aliphatic heterocycles. The van der Waals surface area contributed by atoms with Crippen LogP contribution < -0.4 is 5.32 Å². The first kappa shape index (κ1) is 21.2. The summed E-state index contributed by atoms with van der Waals surface area (Å²) in [7, 11) is 0. The molecule has 0 saturated carbocycles. The van der Waals surface area contributed by atoms with Crippen LogP contribution in [0.5, 0.6) is 0 Å². The Morgan fingerprint density at radius 1 is 1.10 bits per heavy atom. The van der Waals surface area contributed by atoms with E-state index in [2.05, 4.69) is 5.32 Å². The Kier molecular flexibility index (Phi) is 6.01. The first-order chi connectivity index (χ1) is 14.2. The van der Waals surface area contributed by atoms with E-state index in [4.69, 9.17) is 4.74 Å². The largest absolute Gasteiger partial charge is 0.451 e. The maximum atomic E-state index is 12.5. The minimum Gasteiger partial charge on any atom is -0.451 e. The Labute approximate surface area is 175 Å². The van der Waals surface area contributed by atoms with Crippen LogP contribution in [0.25, 0.3) is 0 Å². The molecule has 1 aliphatic rings. The smallest absolute Gasteiger partial charge is 0.326 e. The van der Waals surface area contributed by atoms with Crippen LogP contribution in [-0.4, -0.2) is 41.2 Å². The van der Waals surface area contributed by atoms with Crippen molar-refractivity contribution in [1.29, 1.82) is 0 Å². The van der Waals surface area contributed by atoms with Gasteiger partial charge in [-0.05, 0) is 50.5 Å². The van der Waals surface area contributed by atoms with E-state index >= 15 is 0 Å². The minimum absolute atomic E-state index is 0.0389. The van der Waals surface area contributed by atoms with E-state index in [1.54, 1.807) is 24.3 Å². The molecule has 1 heterocycles. The second kappa shape index (κ2) is 8.49. The van der Waals surface area contributed by atoms with Crippen molar-refractivity contribution in [3.05, 3.63) is 64.2 Å². The molecule has 0 bridgehead atoms. The number of anilines is 1. The zero-order chi connectivity index (χ0) is 22.0. The summed E-state index contributed by atoms with van der Waals surface area (Å²) in [5, 5.41) is 2.78. The first-order valence-electron chi connectivity index (χ1n) is 9.68. The second-order valence-corrected chi connectivity index (χ2v) is 7.51. The number of fused-ring (bicyclic) bond motifs is 1. The number of imide groups is 1. The van der Waals surface area contributed by atoms with Crippen molar-refractivity contribution in [2.24, 2.45) is 0 Å². The highest BCUT2D eigenvalue weighted by Gasteiger charge is 2.33. The number of nitrogens with zero attached hydrogens (tertiary/aromatic N) is 1. The van der Waals surface area contributed by atoms with E-state index in [0.29, 0.717) is 16.8 Å². The fourth-order valence-electron chi connectivity index (χ4n) is 3.58. The highest BCUT2D eigenvalue weighted by molar-refractivity contribution is 6.11. The molecule has 0 unspecified atom stereocenters. The van der Waals surface area contributed by atoms with Crippen LogP contribution in [-0.2, 0) is 25.5 Å². The number of aryl methyl sites for hydroxylation is 3. The molecule has 0 fully saturated rings. The predicted molar refractivity (Wildman–Crippen MR) is 111 cm³/mol. The fraction of sp³-hybridized carbons (Fsp3) is 0.304. The lowest BCUT2D eigenvalue weighted by Gasteiger charge is -2.26. The van der Waals surface area contributed by atoms with Gasteiger partial charge in [-0.1, -0.05) is 35.9 Å². The van der Waals surface area contributed by atoms with Crippen LogP contribution in [0.1, 0.15) is 39.5 Å². The van der Waals surface area contributed by atoms with Gasteiger partial charge in [0.1, 0.15) is 6.54 Å². The molecule has 0 saturated heterocycles. The number of esters is 1. The average molecular weight is 408 g/mol. The molecular weight excluding hydrogens is 384 g/mol. The maximum Gasteiger partial charge on any atom is 0.326 e. The van der Waals surface area contributed by atoms with Crippen molar-refractivity contribution >= 4 is 29.4 Å². The molecule has 0 radical (unpaired) electrons. The zero-order valence-electron chi connectivity index (χ0n) is 17.4. The van der Waals surface area contributed by atoms with E-state index in [1.807, 2.05) is 32.9 Å². The Hall–Kier alpha value is -3.48. The molecule has 30 heavy (non-hydrogen) atoms. The summed E-state index contributed by atoms with van der Waals surface area (Å²) >= 11 is 0. The number of rotatable bonds is 5. The lowest BCUT2D eigenvalue weighted by atomic mass is 9.98. The van der Waals surface area contributed by atoms with Crippen LogP contribution in [0, 0.1) is 20.8 Å². The van der Waals surface area contributed by atoms with Gasteiger partial charge in [-0.2, -0.15) is 0 Å². The Balaban J connectivity index is 1.63. The Morgan fingerprint density at radius 2 is 1.73 bits per heavy atom. The number of nitrogens with one attached hydrogen (secondary N) is 1. The maximum absolute atomic E-state index is 12.5. The average Bonchev–Trinajstić information content (AvgIpc) is 2.67. The monoisotopic (exact) mass is 408 g/mol. The predicted octanol–water partition coefficient (Wildman–Crippen LogP) is 2.71. The van der Waals surface area contributed by atoms with Crippen LogP contribution in [0.15, 0.2) is 36.4 Å². The second-order valence-electron chi connectivity index (χ2n) is 7.51. The normalized spacial score (nSPS) is 14.2. The summed E-state index contributed by atoms with van der Waals surface area (Å²) < 4.78 is 5.18. The lowest BCUT2D eigenvalue weighted by Crippen LogP contribution is -2.46. The van der Waals surface area contributed by atoms with E-state index in [0.717, 1.165) is 21.6 Å². The molecule has 156 valence electrons. The first-order valence-corrected chi connectivity index (χ1v) is 9.68. The van der Waals surface area contributed by atoms with Gasteiger partial charge < -0.3 is 10.1 Å². The van der Waals surface area contributed by atoms with Crippen LogP contribution >= 0.6 is 0 Å². The van der Waals surface area contributed by atoms with Gasteiger partial charge in [0.25, 0.3) is 11.8 Å². The Bertz CT molecular complexity index is 1020. The molecule has 7 nitrogen and oxygen atoms in total. The van der Waals surface area contributed by atoms with Crippen molar-refractivity contribution in [1.82, 2.24) is 4.90 Å². The van der Waals surface area contributed by atoms with Gasteiger partial charge >= 0.3 is 5.97 Å². The van der Waals surface area contributed by atoms with Crippen LogP contribution in [0.4, 0.5) is 5.69 Å². The van der Waals surface area contributed by atoms with Crippen molar-refractivity contribution in [2.75, 3.05) is 11.9 Å². The third-order valence-corrected chi connectivity index (χ3v) is 5.03. The molecule has 0 aliphatic carbocycles. The van der Waals surface area contributed by atoms with Gasteiger partial charge in [-0.3, -0.25) is 24.1 Å². The van der Waals surface area contributed by atoms with E-state index in [1.165, 1.54) is 6.92 Å². The van der Waals surface area contributed by atoms with Crippen molar-refractivity contribution in [2.45, 2.75) is 40.2 Å². The fourth-order valence-corrected chi connectivity index (χ4v) is 3.58. The van der Waals surface area contributed by atoms with Gasteiger partial charge in [0, 0.05) is 11.3 Å². The Morgan fingerprint density at radius 3 is 2.40 bits per heavy atom. The van der Waals surface area contributed by atoms with E-state index < -0.39 is 36.3 Å². The van der Waals surface area contributed by atoms with Gasteiger partial charge in [0.15, 0.2) is 6.10 Å². The molecule has 0 spiro atoms. The van der Waals surface area contributed by atoms with Crippen molar-refractivity contribution in [3.8, 4) is 0 Å². The van der Waals surface area contributed by atoms with Gasteiger partial charge in [0.2, 0.25) is 5.91 Å². The van der Waals surface area contributed by atoms with Gasteiger partial charge in [-0.25, -0.2) is 0 Å². The number of carbonyl (C=O) groups is 4. The number of ether oxygens (including phenoxy) is 1. The molecule has 0 aromatic heterocycles.